The minimum Gasteiger partial charge on any atom is -1.00 e. The van der Waals surface area contributed by atoms with Gasteiger partial charge in [-0.15, -0.1) is 0 Å². The van der Waals surface area contributed by atoms with Gasteiger partial charge in [0.2, 0.25) is 0 Å². The smallest absolute Gasteiger partial charge is 1.00 e. The summed E-state index contributed by atoms with van der Waals surface area (Å²) in [5.41, 5.74) is 0.669. The van der Waals surface area contributed by atoms with E-state index in [0.717, 1.165) is 6.08 Å². The van der Waals surface area contributed by atoms with Gasteiger partial charge >= 0.3 is 35.5 Å². The van der Waals surface area contributed by atoms with Crippen molar-refractivity contribution >= 4 is 33.8 Å². The molecule has 0 aliphatic carbocycles. The predicted octanol–water partition coefficient (Wildman–Crippen LogP) is -1.37. The third-order valence-corrected chi connectivity index (χ3v) is 1.86. The van der Waals surface area contributed by atoms with Crippen molar-refractivity contribution in [1.82, 2.24) is 4.98 Å². The van der Waals surface area contributed by atoms with Crippen LogP contribution >= 0.6 is 15.9 Å². The van der Waals surface area contributed by atoms with Crippen molar-refractivity contribution in [3.8, 4) is 0 Å². The van der Waals surface area contributed by atoms with Gasteiger partial charge in [-0.2, -0.15) is 0 Å². The monoisotopic (exact) mass is 279 g/mol. The molecule has 0 aliphatic heterocycles. The molecular formula is C9H7BrNNaO3. The first-order valence-corrected chi connectivity index (χ1v) is 4.46. The normalized spacial score (nSPS) is 9.67. The van der Waals surface area contributed by atoms with Gasteiger partial charge in [0.25, 0.3) is 5.78 Å². The van der Waals surface area contributed by atoms with Crippen LogP contribution in [0.4, 0.5) is 0 Å². The average molecular weight is 280 g/mol. The summed E-state index contributed by atoms with van der Waals surface area (Å²) in [6.07, 6.45) is 3.92. The van der Waals surface area contributed by atoms with Crippen molar-refractivity contribution in [2.24, 2.45) is 0 Å². The second-order valence-electron chi connectivity index (χ2n) is 2.42. The number of hydrogen-bond donors (Lipinski definition) is 1. The maximum absolute atomic E-state index is 10.7. The molecule has 0 aromatic carbocycles. The van der Waals surface area contributed by atoms with Gasteiger partial charge in [0.05, 0.1) is 0 Å². The number of hydrogen-bond acceptors (Lipinski definition) is 3. The van der Waals surface area contributed by atoms with Gasteiger partial charge in [-0.25, -0.2) is 9.78 Å². The summed E-state index contributed by atoms with van der Waals surface area (Å²) in [6.45, 7) is 0. The van der Waals surface area contributed by atoms with Crippen LogP contribution in [0.5, 0.6) is 0 Å². The van der Waals surface area contributed by atoms with Crippen LogP contribution in [0.1, 0.15) is 6.99 Å². The van der Waals surface area contributed by atoms with Crippen LogP contribution in [-0.4, -0.2) is 21.8 Å². The first-order chi connectivity index (χ1) is 6.59. The molecule has 0 bridgehead atoms. The fourth-order valence-electron chi connectivity index (χ4n) is 0.729. The van der Waals surface area contributed by atoms with Gasteiger partial charge in [0.1, 0.15) is 4.60 Å². The Morgan fingerprint density at radius 2 is 2.13 bits per heavy atom. The molecule has 0 saturated carbocycles. The zero-order chi connectivity index (χ0) is 10.6. The summed E-state index contributed by atoms with van der Waals surface area (Å²) in [4.78, 5) is 24.7. The molecule has 1 aromatic rings. The van der Waals surface area contributed by atoms with Crippen LogP contribution in [0.3, 0.4) is 0 Å². The first kappa shape index (κ1) is 14.5. The van der Waals surface area contributed by atoms with E-state index in [1.807, 2.05) is 0 Å². The SMILES string of the molecule is O=C(O)C(=O)C=Cc1ccc(Br)nc1.[H-].[Na+]. The number of nitrogens with zero attached hydrogens (tertiary/aromatic N) is 1. The number of rotatable bonds is 3. The molecule has 15 heavy (non-hydrogen) atoms. The van der Waals surface area contributed by atoms with Crippen molar-refractivity contribution in [2.75, 3.05) is 0 Å². The molecule has 6 heteroatoms. The Kier molecular flexibility index (Phi) is 6.67. The Hall–Kier alpha value is -0.490. The summed E-state index contributed by atoms with van der Waals surface area (Å²) in [5, 5.41) is 8.28. The fraction of sp³-hybridized carbons (Fsp3) is 0. The molecule has 0 amide bonds. The molecule has 0 fully saturated rings. The van der Waals surface area contributed by atoms with E-state index in [2.05, 4.69) is 20.9 Å². The van der Waals surface area contributed by atoms with E-state index in [0.29, 0.717) is 10.2 Å². The van der Waals surface area contributed by atoms with E-state index in [9.17, 15) is 9.59 Å². The summed E-state index contributed by atoms with van der Waals surface area (Å²) >= 11 is 3.15. The van der Waals surface area contributed by atoms with Gasteiger partial charge in [0, 0.05) is 6.20 Å². The number of aliphatic carboxylic acids is 1. The Balaban J connectivity index is 0. The van der Waals surface area contributed by atoms with Gasteiger partial charge in [-0.05, 0) is 39.7 Å². The largest absolute Gasteiger partial charge is 1.00 e. The number of ketones is 1. The minimum absolute atomic E-state index is 0. The van der Waals surface area contributed by atoms with Crippen molar-refractivity contribution < 1.29 is 45.7 Å². The first-order valence-electron chi connectivity index (χ1n) is 3.66. The Morgan fingerprint density at radius 1 is 1.47 bits per heavy atom. The molecule has 74 valence electrons. The number of carbonyl (C=O) groups excluding carboxylic acids is 1. The molecule has 0 spiro atoms. The number of halogens is 1. The Morgan fingerprint density at radius 3 is 2.60 bits per heavy atom. The summed E-state index contributed by atoms with van der Waals surface area (Å²) < 4.78 is 0.680. The molecule has 1 rings (SSSR count). The third-order valence-electron chi connectivity index (χ3n) is 1.39. The Bertz CT molecular complexity index is 394. The summed E-state index contributed by atoms with van der Waals surface area (Å²) in [6, 6.07) is 3.41. The van der Waals surface area contributed by atoms with Gasteiger partial charge in [-0.1, -0.05) is 6.07 Å². The number of aromatic nitrogens is 1. The molecule has 0 aliphatic rings. The maximum Gasteiger partial charge on any atom is 1.00 e. The Labute approximate surface area is 118 Å². The second kappa shape index (κ2) is 6.90. The molecule has 1 heterocycles. The van der Waals surface area contributed by atoms with E-state index < -0.39 is 11.8 Å². The molecular weight excluding hydrogens is 273 g/mol. The van der Waals surface area contributed by atoms with Crippen LogP contribution in [0.2, 0.25) is 0 Å². The van der Waals surface area contributed by atoms with Gasteiger partial charge in [-0.3, -0.25) is 4.79 Å². The van der Waals surface area contributed by atoms with Crippen molar-refractivity contribution in [3.63, 3.8) is 0 Å². The minimum atomic E-state index is -1.47. The van der Waals surface area contributed by atoms with E-state index >= 15 is 0 Å². The zero-order valence-corrected chi connectivity index (χ0v) is 11.6. The third kappa shape index (κ3) is 5.22. The molecule has 0 atom stereocenters. The number of carbonyl (C=O) groups is 2. The van der Waals surface area contributed by atoms with Crippen LogP contribution in [-0.2, 0) is 9.59 Å². The van der Waals surface area contributed by atoms with E-state index in [1.165, 1.54) is 12.3 Å². The maximum atomic E-state index is 10.7. The molecule has 1 aromatic heterocycles. The quantitative estimate of drug-likeness (QED) is 0.321. The van der Waals surface area contributed by atoms with Crippen LogP contribution in [0.15, 0.2) is 29.0 Å². The van der Waals surface area contributed by atoms with Crippen molar-refractivity contribution in [3.05, 3.63) is 34.6 Å². The van der Waals surface area contributed by atoms with Gasteiger partial charge in [0.15, 0.2) is 0 Å². The number of carboxylic acids is 1. The van der Waals surface area contributed by atoms with E-state index in [1.54, 1.807) is 12.1 Å². The second-order valence-corrected chi connectivity index (χ2v) is 3.23. The summed E-state index contributed by atoms with van der Waals surface area (Å²) in [7, 11) is 0. The number of carboxylic acid groups (broad SMARTS) is 1. The molecule has 4 nitrogen and oxygen atoms in total. The fourth-order valence-corrected chi connectivity index (χ4v) is 0.964. The zero-order valence-electron chi connectivity index (χ0n) is 8.98. The molecule has 0 saturated heterocycles. The standard InChI is InChI=1S/C9H6BrNO3.Na.H/c10-8-4-2-6(5-11-8)1-3-7(12)9(13)14;;/h1-5H,(H,13,14);;/q;+1;-1. The van der Waals surface area contributed by atoms with Crippen LogP contribution < -0.4 is 29.6 Å². The predicted molar refractivity (Wildman–Crippen MR) is 54.7 cm³/mol. The average Bonchev–Trinajstić information content (AvgIpc) is 2.16. The summed E-state index contributed by atoms with van der Waals surface area (Å²) in [5.74, 6) is -2.42. The van der Waals surface area contributed by atoms with E-state index in [-0.39, 0.29) is 31.0 Å². The van der Waals surface area contributed by atoms with E-state index in [4.69, 9.17) is 5.11 Å². The topological polar surface area (TPSA) is 67.3 Å². The van der Waals surface area contributed by atoms with Crippen LogP contribution in [0.25, 0.3) is 6.08 Å². The molecule has 0 unspecified atom stereocenters. The molecule has 0 radical (unpaired) electrons. The van der Waals surface area contributed by atoms with Crippen molar-refractivity contribution in [2.45, 2.75) is 0 Å². The van der Waals surface area contributed by atoms with Gasteiger partial charge < -0.3 is 6.53 Å². The van der Waals surface area contributed by atoms with Crippen LogP contribution in [0, 0.1) is 0 Å². The van der Waals surface area contributed by atoms with Crippen molar-refractivity contribution in [1.29, 1.82) is 0 Å². The molecule has 1 N–H and O–H groups in total. The number of pyridine rings is 1.